The Kier molecular flexibility index (Phi) is 4.49. The first-order chi connectivity index (χ1) is 7.60. The second-order valence-corrected chi connectivity index (χ2v) is 3.97. The Labute approximate surface area is 95.5 Å². The van der Waals surface area contributed by atoms with Gasteiger partial charge in [-0.2, -0.15) is 5.10 Å². The minimum Gasteiger partial charge on any atom is -0.395 e. The van der Waals surface area contributed by atoms with Crippen molar-refractivity contribution in [2.45, 2.75) is 26.7 Å². The number of H-pyrrole nitrogens is 1. The molecule has 5 heteroatoms. The van der Waals surface area contributed by atoms with Gasteiger partial charge in [-0.05, 0) is 18.9 Å². The molecule has 0 atom stereocenters. The number of hydrogen-bond donors (Lipinski definition) is 2. The average molecular weight is 225 g/mol. The van der Waals surface area contributed by atoms with Crippen LogP contribution < -0.4 is 0 Å². The van der Waals surface area contributed by atoms with Crippen LogP contribution in [0.1, 0.15) is 42.9 Å². The highest BCUT2D eigenvalue weighted by molar-refractivity contribution is 5.92. The Morgan fingerprint density at radius 2 is 2.31 bits per heavy atom. The first-order valence-electron chi connectivity index (χ1n) is 5.55. The fourth-order valence-corrected chi connectivity index (χ4v) is 1.43. The molecular weight excluding hydrogens is 206 g/mol. The third-order valence-electron chi connectivity index (χ3n) is 2.48. The molecule has 0 saturated heterocycles. The SMILES string of the molecule is CCN(CCO)C(=O)c1cc(C(C)C)[nH]n1. The Balaban J connectivity index is 2.78. The molecule has 0 unspecified atom stereocenters. The van der Waals surface area contributed by atoms with Crippen molar-refractivity contribution in [2.75, 3.05) is 19.7 Å². The van der Waals surface area contributed by atoms with Gasteiger partial charge in [-0.15, -0.1) is 0 Å². The maximum absolute atomic E-state index is 11.9. The second kappa shape index (κ2) is 5.65. The number of aliphatic hydroxyl groups excluding tert-OH is 1. The number of aromatic nitrogens is 2. The molecule has 1 rings (SSSR count). The summed E-state index contributed by atoms with van der Waals surface area (Å²) in [7, 11) is 0. The lowest BCUT2D eigenvalue weighted by molar-refractivity contribution is 0.0726. The van der Waals surface area contributed by atoms with Gasteiger partial charge in [0, 0.05) is 18.8 Å². The van der Waals surface area contributed by atoms with Crippen molar-refractivity contribution >= 4 is 5.91 Å². The van der Waals surface area contributed by atoms with E-state index in [9.17, 15) is 4.79 Å². The lowest BCUT2D eigenvalue weighted by Crippen LogP contribution is -2.33. The summed E-state index contributed by atoms with van der Waals surface area (Å²) in [6.07, 6.45) is 0. The van der Waals surface area contributed by atoms with Gasteiger partial charge in [-0.3, -0.25) is 9.89 Å². The third-order valence-corrected chi connectivity index (χ3v) is 2.48. The van der Waals surface area contributed by atoms with Crippen LogP contribution in [0.15, 0.2) is 6.07 Å². The molecule has 1 aromatic rings. The smallest absolute Gasteiger partial charge is 0.274 e. The van der Waals surface area contributed by atoms with E-state index in [1.54, 1.807) is 11.0 Å². The molecule has 0 aliphatic carbocycles. The molecule has 5 nitrogen and oxygen atoms in total. The summed E-state index contributed by atoms with van der Waals surface area (Å²) in [5, 5.41) is 15.7. The van der Waals surface area contributed by atoms with E-state index in [1.165, 1.54) is 0 Å². The minimum absolute atomic E-state index is 0.0267. The molecule has 0 fully saturated rings. The zero-order chi connectivity index (χ0) is 12.1. The van der Waals surface area contributed by atoms with E-state index in [1.807, 2.05) is 20.8 Å². The predicted octanol–water partition coefficient (Wildman–Crippen LogP) is 0.987. The van der Waals surface area contributed by atoms with Crippen molar-refractivity contribution < 1.29 is 9.90 Å². The van der Waals surface area contributed by atoms with Crippen LogP contribution in [0.4, 0.5) is 0 Å². The molecule has 0 aliphatic rings. The van der Waals surface area contributed by atoms with Gasteiger partial charge < -0.3 is 10.0 Å². The fourth-order valence-electron chi connectivity index (χ4n) is 1.43. The van der Waals surface area contributed by atoms with Crippen LogP contribution in [0.3, 0.4) is 0 Å². The van der Waals surface area contributed by atoms with Gasteiger partial charge in [0.25, 0.3) is 5.91 Å². The molecule has 0 aromatic carbocycles. The van der Waals surface area contributed by atoms with Gasteiger partial charge in [0.1, 0.15) is 5.69 Å². The summed E-state index contributed by atoms with van der Waals surface area (Å²) < 4.78 is 0. The molecular formula is C11H19N3O2. The number of carbonyl (C=O) groups excluding carboxylic acids is 1. The van der Waals surface area contributed by atoms with E-state index in [0.29, 0.717) is 24.7 Å². The standard InChI is InChI=1S/C11H19N3O2/c1-4-14(5-6-15)11(16)10-7-9(8(2)3)12-13-10/h7-8,15H,4-6H2,1-3H3,(H,12,13). The van der Waals surface area contributed by atoms with Crippen LogP contribution in [-0.2, 0) is 0 Å². The van der Waals surface area contributed by atoms with Crippen molar-refractivity contribution in [1.82, 2.24) is 15.1 Å². The van der Waals surface area contributed by atoms with Gasteiger partial charge in [0.2, 0.25) is 0 Å². The van der Waals surface area contributed by atoms with Gasteiger partial charge >= 0.3 is 0 Å². The monoisotopic (exact) mass is 225 g/mol. The quantitative estimate of drug-likeness (QED) is 0.785. The van der Waals surface area contributed by atoms with Crippen molar-refractivity contribution in [1.29, 1.82) is 0 Å². The highest BCUT2D eigenvalue weighted by Crippen LogP contribution is 2.13. The van der Waals surface area contributed by atoms with E-state index >= 15 is 0 Å². The van der Waals surface area contributed by atoms with Crippen molar-refractivity contribution in [3.8, 4) is 0 Å². The molecule has 90 valence electrons. The summed E-state index contributed by atoms with van der Waals surface area (Å²) in [4.78, 5) is 13.5. The van der Waals surface area contributed by atoms with Crippen LogP contribution in [0, 0.1) is 0 Å². The highest BCUT2D eigenvalue weighted by Gasteiger charge is 2.17. The lowest BCUT2D eigenvalue weighted by Gasteiger charge is -2.17. The van der Waals surface area contributed by atoms with E-state index < -0.39 is 0 Å². The number of aliphatic hydroxyl groups is 1. The van der Waals surface area contributed by atoms with E-state index in [4.69, 9.17) is 5.11 Å². The Morgan fingerprint density at radius 3 is 2.75 bits per heavy atom. The number of carbonyl (C=O) groups is 1. The molecule has 1 heterocycles. The number of likely N-dealkylation sites (N-methyl/N-ethyl adjacent to an activating group) is 1. The van der Waals surface area contributed by atoms with Crippen LogP contribution in [-0.4, -0.2) is 45.8 Å². The van der Waals surface area contributed by atoms with Gasteiger partial charge in [-0.25, -0.2) is 0 Å². The number of aromatic amines is 1. The van der Waals surface area contributed by atoms with Gasteiger partial charge in [-0.1, -0.05) is 13.8 Å². The number of rotatable bonds is 5. The molecule has 0 spiro atoms. The Hall–Kier alpha value is -1.36. The van der Waals surface area contributed by atoms with Crippen LogP contribution in [0.5, 0.6) is 0 Å². The number of amides is 1. The normalized spacial score (nSPS) is 10.8. The zero-order valence-electron chi connectivity index (χ0n) is 10.0. The third kappa shape index (κ3) is 2.82. The van der Waals surface area contributed by atoms with Crippen LogP contribution >= 0.6 is 0 Å². The molecule has 0 saturated carbocycles. The lowest BCUT2D eigenvalue weighted by atomic mass is 10.1. The minimum atomic E-state index is -0.139. The molecule has 0 aliphatic heterocycles. The van der Waals surface area contributed by atoms with Gasteiger partial charge in [0.05, 0.1) is 6.61 Å². The molecule has 1 aromatic heterocycles. The Morgan fingerprint density at radius 1 is 1.62 bits per heavy atom. The molecule has 2 N–H and O–H groups in total. The Bertz CT molecular complexity index is 347. The van der Waals surface area contributed by atoms with E-state index in [2.05, 4.69) is 10.2 Å². The van der Waals surface area contributed by atoms with Crippen molar-refractivity contribution in [2.24, 2.45) is 0 Å². The number of nitrogens with one attached hydrogen (secondary N) is 1. The first kappa shape index (κ1) is 12.7. The molecule has 16 heavy (non-hydrogen) atoms. The van der Waals surface area contributed by atoms with Crippen LogP contribution in [0.25, 0.3) is 0 Å². The average Bonchev–Trinajstić information content (AvgIpc) is 2.74. The van der Waals surface area contributed by atoms with Crippen molar-refractivity contribution in [3.63, 3.8) is 0 Å². The molecule has 0 bridgehead atoms. The van der Waals surface area contributed by atoms with E-state index in [-0.39, 0.29) is 12.5 Å². The first-order valence-corrected chi connectivity index (χ1v) is 5.55. The van der Waals surface area contributed by atoms with Gasteiger partial charge in [0.15, 0.2) is 0 Å². The van der Waals surface area contributed by atoms with Crippen molar-refractivity contribution in [3.05, 3.63) is 17.5 Å². The number of nitrogens with zero attached hydrogens (tertiary/aromatic N) is 2. The summed E-state index contributed by atoms with van der Waals surface area (Å²) >= 11 is 0. The predicted molar refractivity (Wildman–Crippen MR) is 61.3 cm³/mol. The summed E-state index contributed by atoms with van der Waals surface area (Å²) in [5.74, 6) is 0.182. The fraction of sp³-hybridized carbons (Fsp3) is 0.636. The maximum atomic E-state index is 11.9. The molecule has 0 radical (unpaired) electrons. The summed E-state index contributed by atoms with van der Waals surface area (Å²) in [6.45, 7) is 6.84. The maximum Gasteiger partial charge on any atom is 0.274 e. The zero-order valence-corrected chi connectivity index (χ0v) is 10.0. The molecule has 1 amide bonds. The van der Waals surface area contributed by atoms with Crippen LogP contribution in [0.2, 0.25) is 0 Å². The number of hydrogen-bond acceptors (Lipinski definition) is 3. The second-order valence-electron chi connectivity index (χ2n) is 3.97. The summed E-state index contributed by atoms with van der Waals surface area (Å²) in [5.41, 5.74) is 1.36. The topological polar surface area (TPSA) is 69.2 Å². The largest absolute Gasteiger partial charge is 0.395 e. The van der Waals surface area contributed by atoms with E-state index in [0.717, 1.165) is 5.69 Å². The highest BCUT2D eigenvalue weighted by atomic mass is 16.3. The summed E-state index contributed by atoms with van der Waals surface area (Å²) in [6, 6.07) is 1.77.